The van der Waals surface area contributed by atoms with Crippen molar-refractivity contribution in [2.75, 3.05) is 20.2 Å². The average molecular weight is 227 g/mol. The lowest BCUT2D eigenvalue weighted by Crippen LogP contribution is -2.31. The minimum Gasteiger partial charge on any atom is -0.377 e. The summed E-state index contributed by atoms with van der Waals surface area (Å²) in [4.78, 5) is 0. The lowest BCUT2D eigenvalue weighted by atomic mass is 10.1. The molecule has 0 aliphatic heterocycles. The first-order valence-electron chi connectivity index (χ1n) is 5.19. The van der Waals surface area contributed by atoms with E-state index in [1.165, 1.54) is 0 Å². The molecule has 0 saturated carbocycles. The van der Waals surface area contributed by atoms with E-state index in [-0.39, 0.29) is 19.1 Å². The van der Waals surface area contributed by atoms with Crippen LogP contribution in [0.2, 0.25) is 0 Å². The van der Waals surface area contributed by atoms with Crippen LogP contribution in [0.1, 0.15) is 26.7 Å². The summed E-state index contributed by atoms with van der Waals surface area (Å²) in [5.41, 5.74) is 0. The van der Waals surface area contributed by atoms with Crippen LogP contribution in [0.5, 0.6) is 0 Å². The van der Waals surface area contributed by atoms with Gasteiger partial charge in [-0.25, -0.2) is 0 Å². The molecule has 1 N–H and O–H groups in total. The number of hydrogen-bond acceptors (Lipinski definition) is 2. The lowest BCUT2D eigenvalue weighted by Gasteiger charge is -2.21. The van der Waals surface area contributed by atoms with Gasteiger partial charge in [-0.2, -0.15) is 13.2 Å². The second-order valence-electron chi connectivity index (χ2n) is 3.93. The van der Waals surface area contributed by atoms with Gasteiger partial charge >= 0.3 is 6.18 Å². The van der Waals surface area contributed by atoms with Crippen LogP contribution >= 0.6 is 0 Å². The molecule has 0 aromatic carbocycles. The fraction of sp³-hybridized carbons (Fsp3) is 1.00. The van der Waals surface area contributed by atoms with Crippen LogP contribution in [-0.4, -0.2) is 32.5 Å². The smallest absolute Gasteiger partial charge is 0.377 e. The first-order valence-corrected chi connectivity index (χ1v) is 5.19. The van der Waals surface area contributed by atoms with Gasteiger partial charge in [-0.3, -0.25) is 0 Å². The molecule has 0 aromatic rings. The van der Waals surface area contributed by atoms with E-state index in [1.807, 2.05) is 13.8 Å². The van der Waals surface area contributed by atoms with E-state index >= 15 is 0 Å². The van der Waals surface area contributed by atoms with Gasteiger partial charge in [0.25, 0.3) is 0 Å². The Bertz CT molecular complexity index is 159. The number of rotatable bonds is 7. The number of alkyl halides is 3. The van der Waals surface area contributed by atoms with Crippen LogP contribution in [0.15, 0.2) is 0 Å². The van der Waals surface area contributed by atoms with E-state index in [0.717, 1.165) is 0 Å². The Labute approximate surface area is 89.2 Å². The van der Waals surface area contributed by atoms with Gasteiger partial charge < -0.3 is 10.1 Å². The van der Waals surface area contributed by atoms with Gasteiger partial charge in [0.05, 0.1) is 6.10 Å². The van der Waals surface area contributed by atoms with Crippen LogP contribution < -0.4 is 5.32 Å². The first-order chi connectivity index (χ1) is 6.87. The van der Waals surface area contributed by atoms with Gasteiger partial charge in [0.2, 0.25) is 0 Å². The standard InChI is InChI=1S/C10H20F3NO/c1-8(2)9(7-14-3)15-6-4-5-10(11,12)13/h8-9,14H,4-7H2,1-3H3. The van der Waals surface area contributed by atoms with Crippen molar-refractivity contribution >= 4 is 0 Å². The minimum absolute atomic E-state index is 0.0109. The number of halogens is 3. The Kier molecular flexibility index (Phi) is 6.92. The van der Waals surface area contributed by atoms with Gasteiger partial charge in [-0.1, -0.05) is 13.8 Å². The molecule has 0 spiro atoms. The maximum Gasteiger partial charge on any atom is 0.389 e. The van der Waals surface area contributed by atoms with Crippen LogP contribution in [0, 0.1) is 5.92 Å². The van der Waals surface area contributed by atoms with Crippen molar-refractivity contribution in [2.24, 2.45) is 5.92 Å². The van der Waals surface area contributed by atoms with Crippen LogP contribution in [0.3, 0.4) is 0 Å². The zero-order chi connectivity index (χ0) is 11.9. The maximum atomic E-state index is 11.8. The largest absolute Gasteiger partial charge is 0.389 e. The average Bonchev–Trinajstić information content (AvgIpc) is 2.08. The molecule has 92 valence electrons. The molecule has 15 heavy (non-hydrogen) atoms. The maximum absolute atomic E-state index is 11.8. The van der Waals surface area contributed by atoms with Crippen molar-refractivity contribution < 1.29 is 17.9 Å². The molecule has 0 rings (SSSR count). The summed E-state index contributed by atoms with van der Waals surface area (Å²) >= 11 is 0. The molecule has 5 heteroatoms. The fourth-order valence-corrected chi connectivity index (χ4v) is 1.20. The van der Waals surface area contributed by atoms with Gasteiger partial charge in [0, 0.05) is 19.6 Å². The van der Waals surface area contributed by atoms with Crippen molar-refractivity contribution in [3.63, 3.8) is 0 Å². The normalized spacial score (nSPS) is 14.6. The molecule has 1 unspecified atom stereocenters. The van der Waals surface area contributed by atoms with E-state index in [4.69, 9.17) is 4.74 Å². The highest BCUT2D eigenvalue weighted by atomic mass is 19.4. The molecular formula is C10H20F3NO. The predicted octanol–water partition coefficient (Wildman–Crippen LogP) is 2.59. The monoisotopic (exact) mass is 227 g/mol. The molecule has 0 radical (unpaired) electrons. The van der Waals surface area contributed by atoms with E-state index in [9.17, 15) is 13.2 Å². The van der Waals surface area contributed by atoms with Crippen molar-refractivity contribution in [2.45, 2.75) is 39.0 Å². The first kappa shape index (κ1) is 14.7. The third-order valence-electron chi connectivity index (χ3n) is 2.09. The summed E-state index contributed by atoms with van der Waals surface area (Å²) < 4.78 is 40.8. The quantitative estimate of drug-likeness (QED) is 0.675. The van der Waals surface area contributed by atoms with Gasteiger partial charge in [0.15, 0.2) is 0 Å². The number of hydrogen-bond donors (Lipinski definition) is 1. The summed E-state index contributed by atoms with van der Waals surface area (Å²) in [5, 5.41) is 2.96. The molecule has 0 heterocycles. The van der Waals surface area contributed by atoms with Gasteiger partial charge in [-0.05, 0) is 19.4 Å². The third kappa shape index (κ3) is 8.69. The van der Waals surface area contributed by atoms with E-state index in [0.29, 0.717) is 12.5 Å². The van der Waals surface area contributed by atoms with Gasteiger partial charge in [0.1, 0.15) is 0 Å². The summed E-state index contributed by atoms with van der Waals surface area (Å²) in [6.45, 7) is 4.82. The number of ether oxygens (including phenoxy) is 1. The summed E-state index contributed by atoms with van der Waals surface area (Å²) in [5.74, 6) is 0.309. The minimum atomic E-state index is -4.07. The lowest BCUT2D eigenvalue weighted by molar-refractivity contribution is -0.139. The van der Waals surface area contributed by atoms with Crippen LogP contribution in [-0.2, 0) is 4.74 Å². The zero-order valence-corrected chi connectivity index (χ0v) is 9.53. The molecule has 0 aliphatic rings. The molecule has 1 atom stereocenters. The predicted molar refractivity (Wildman–Crippen MR) is 53.8 cm³/mol. The Morgan fingerprint density at radius 1 is 1.27 bits per heavy atom. The van der Waals surface area contributed by atoms with Crippen molar-refractivity contribution in [3.05, 3.63) is 0 Å². The molecule has 0 aliphatic carbocycles. The molecule has 2 nitrogen and oxygen atoms in total. The second-order valence-corrected chi connectivity index (χ2v) is 3.93. The summed E-state index contributed by atoms with van der Waals surface area (Å²) in [6, 6.07) is 0. The Hall–Kier alpha value is -0.290. The third-order valence-corrected chi connectivity index (χ3v) is 2.09. The highest BCUT2D eigenvalue weighted by Crippen LogP contribution is 2.21. The second kappa shape index (κ2) is 7.06. The van der Waals surface area contributed by atoms with E-state index in [2.05, 4.69) is 5.32 Å². The molecule has 0 fully saturated rings. The SMILES string of the molecule is CNCC(OCCCC(F)(F)F)C(C)C. The number of likely N-dealkylation sites (N-methyl/N-ethyl adjacent to an activating group) is 1. The molecular weight excluding hydrogens is 207 g/mol. The van der Waals surface area contributed by atoms with Crippen molar-refractivity contribution in [1.29, 1.82) is 0 Å². The molecule has 0 aromatic heterocycles. The van der Waals surface area contributed by atoms with Crippen LogP contribution in [0.4, 0.5) is 13.2 Å². The Morgan fingerprint density at radius 3 is 2.27 bits per heavy atom. The Balaban J connectivity index is 3.62. The van der Waals surface area contributed by atoms with E-state index in [1.54, 1.807) is 7.05 Å². The topological polar surface area (TPSA) is 21.3 Å². The highest BCUT2D eigenvalue weighted by Gasteiger charge is 2.26. The van der Waals surface area contributed by atoms with Crippen LogP contribution in [0.25, 0.3) is 0 Å². The summed E-state index contributed by atoms with van der Waals surface area (Å²) in [7, 11) is 1.80. The molecule has 0 bridgehead atoms. The van der Waals surface area contributed by atoms with Gasteiger partial charge in [-0.15, -0.1) is 0 Å². The molecule has 0 amide bonds. The summed E-state index contributed by atoms with van der Waals surface area (Å²) in [6.07, 6.45) is -4.81. The highest BCUT2D eigenvalue weighted by molar-refractivity contribution is 4.64. The number of nitrogens with one attached hydrogen (secondary N) is 1. The van der Waals surface area contributed by atoms with E-state index < -0.39 is 12.6 Å². The molecule has 0 saturated heterocycles. The van der Waals surface area contributed by atoms with Crippen molar-refractivity contribution in [1.82, 2.24) is 5.32 Å². The fourth-order valence-electron chi connectivity index (χ4n) is 1.20. The zero-order valence-electron chi connectivity index (χ0n) is 9.53. The van der Waals surface area contributed by atoms with Crippen molar-refractivity contribution in [3.8, 4) is 0 Å². The Morgan fingerprint density at radius 2 is 1.87 bits per heavy atom.